The number of carbonyl (C=O) groups is 1. The number of carboxylic acid groups (broad SMARTS) is 1. The van der Waals surface area contributed by atoms with E-state index in [2.05, 4.69) is 20.1 Å². The lowest BCUT2D eigenvalue weighted by Crippen LogP contribution is -2.50. The van der Waals surface area contributed by atoms with E-state index in [9.17, 15) is 27.6 Å². The van der Waals surface area contributed by atoms with E-state index in [-0.39, 0.29) is 24.7 Å². The number of benzene rings is 1. The van der Waals surface area contributed by atoms with Crippen molar-refractivity contribution in [3.8, 4) is 0 Å². The summed E-state index contributed by atoms with van der Waals surface area (Å²) >= 11 is 4.65. The number of morpholine rings is 1. The van der Waals surface area contributed by atoms with Gasteiger partial charge in [0.05, 0.1) is 55.2 Å². The number of nitrogens with zero attached hydrogens (tertiary/aromatic N) is 6. The molecule has 4 aromatic rings. The van der Waals surface area contributed by atoms with E-state index < -0.39 is 35.2 Å². The van der Waals surface area contributed by atoms with Crippen LogP contribution in [0.2, 0.25) is 5.02 Å². The number of ether oxygens (including phenoxy) is 1. The van der Waals surface area contributed by atoms with Crippen LogP contribution >= 0.6 is 11.6 Å². The van der Waals surface area contributed by atoms with Gasteiger partial charge in [0.15, 0.2) is 11.5 Å². The molecule has 3 aromatic heterocycles. The summed E-state index contributed by atoms with van der Waals surface area (Å²) in [7, 11) is 0. The van der Waals surface area contributed by atoms with E-state index in [0.717, 1.165) is 15.5 Å². The highest BCUT2D eigenvalue weighted by Crippen LogP contribution is 2.37. The van der Waals surface area contributed by atoms with Crippen LogP contribution in [0.25, 0.3) is 5.65 Å². The van der Waals surface area contributed by atoms with Crippen molar-refractivity contribution in [1.82, 2.24) is 23.9 Å². The average molecular weight is 649 g/mol. The Kier molecular flexibility index (Phi) is 8.22. The van der Waals surface area contributed by atoms with Crippen molar-refractivity contribution < 1.29 is 32.4 Å². The quantitative estimate of drug-likeness (QED) is 0.295. The number of pyridine rings is 2. The maximum absolute atomic E-state index is 14.0. The predicted octanol–water partition coefficient (Wildman–Crippen LogP) is 4.76. The number of hydrogen-bond donors (Lipinski definition) is 1. The minimum absolute atomic E-state index is 0.00250. The molecule has 1 saturated heterocycles. The summed E-state index contributed by atoms with van der Waals surface area (Å²) in [6.07, 6.45) is -2.24. The molecule has 1 fully saturated rings. The van der Waals surface area contributed by atoms with Crippen LogP contribution in [0.1, 0.15) is 46.0 Å². The first-order chi connectivity index (χ1) is 20.9. The van der Waals surface area contributed by atoms with Crippen molar-refractivity contribution in [1.29, 1.82) is 0 Å². The predicted molar refractivity (Wildman–Crippen MR) is 156 cm³/mol. The van der Waals surface area contributed by atoms with Gasteiger partial charge in [-0.1, -0.05) is 29.8 Å². The molecule has 0 bridgehead atoms. The number of fused-ring (bicyclic) bond motifs is 4. The molecular formula is C29H28ClF3N6O4S. The molecule has 5 heterocycles. The van der Waals surface area contributed by atoms with Gasteiger partial charge in [0, 0.05) is 30.9 Å². The molecule has 0 aliphatic carbocycles. The summed E-state index contributed by atoms with van der Waals surface area (Å²) in [5.41, 5.74) is 3.32. The van der Waals surface area contributed by atoms with E-state index in [1.54, 1.807) is 19.2 Å². The molecule has 1 N–H and O–H groups in total. The number of rotatable bonds is 6. The summed E-state index contributed by atoms with van der Waals surface area (Å²) in [5.74, 6) is -2.30. The fourth-order valence-electron chi connectivity index (χ4n) is 5.93. The summed E-state index contributed by atoms with van der Waals surface area (Å²) in [4.78, 5) is 19.1. The molecule has 0 spiro atoms. The Morgan fingerprint density at radius 1 is 1.25 bits per heavy atom. The smallest absolute Gasteiger partial charge is 0.452 e. The van der Waals surface area contributed by atoms with Gasteiger partial charge in [0.25, 0.3) is 0 Å². The normalized spacial score (nSPS) is 19.8. The van der Waals surface area contributed by atoms with Crippen LogP contribution in [0, 0.1) is 13.8 Å². The highest BCUT2D eigenvalue weighted by molar-refractivity contribution is 7.89. The first kappa shape index (κ1) is 30.6. The number of alkyl halides is 3. The van der Waals surface area contributed by atoms with Crippen molar-refractivity contribution in [2.75, 3.05) is 31.2 Å². The van der Waals surface area contributed by atoms with Crippen molar-refractivity contribution in [2.24, 2.45) is 0 Å². The molecule has 3 unspecified atom stereocenters. The molecular weight excluding hydrogens is 621 g/mol. The Bertz CT molecular complexity index is 1740. The average Bonchev–Trinajstić information content (AvgIpc) is 3.39. The molecule has 6 rings (SSSR count). The van der Waals surface area contributed by atoms with Crippen LogP contribution in [0.4, 0.5) is 19.0 Å². The lowest BCUT2D eigenvalue weighted by atomic mass is 9.85. The van der Waals surface area contributed by atoms with Crippen molar-refractivity contribution in [3.63, 3.8) is 0 Å². The molecule has 10 nitrogen and oxygen atoms in total. The van der Waals surface area contributed by atoms with Crippen LogP contribution in [0.15, 0.2) is 47.6 Å². The second-order valence-corrected chi connectivity index (χ2v) is 12.8. The fourth-order valence-corrected chi connectivity index (χ4v) is 7.54. The summed E-state index contributed by atoms with van der Waals surface area (Å²) < 4.78 is 62.8. The number of aliphatic carboxylic acids is 1. The molecule has 0 radical (unpaired) electrons. The Morgan fingerprint density at radius 2 is 2.05 bits per heavy atom. The minimum atomic E-state index is -4.70. The molecule has 2 aliphatic heterocycles. The standard InChI is InChI=1S/C29H28ClF3N6O4S/c1-16-3-4-18(23(11-25(40)41)22-5-6-39-26(17(22)2)35-36-28(39)29(31,32)33)9-19(16)13-37-14-21-15-43-8-7-38(21)27-24(44(37)42)10-20(30)12-34-27/h3-6,9-10,12,21,23H,7-8,11,13-15H2,1-2H3,(H,40,41). The van der Waals surface area contributed by atoms with Gasteiger partial charge < -0.3 is 19.3 Å². The number of aryl methyl sites for hydroxylation is 2. The molecule has 3 atom stereocenters. The summed E-state index contributed by atoms with van der Waals surface area (Å²) in [6.45, 7) is 5.79. The number of hydrogen-bond acceptors (Lipinski definition) is 8. The zero-order chi connectivity index (χ0) is 31.3. The van der Waals surface area contributed by atoms with Gasteiger partial charge in [-0.05, 0) is 47.7 Å². The Labute approximate surface area is 258 Å². The van der Waals surface area contributed by atoms with E-state index in [1.165, 1.54) is 12.3 Å². The van der Waals surface area contributed by atoms with Crippen molar-refractivity contribution >= 4 is 40.4 Å². The Hall–Kier alpha value is -3.43. The third kappa shape index (κ3) is 5.72. The van der Waals surface area contributed by atoms with Gasteiger partial charge in [0.2, 0.25) is 10.7 Å². The zero-order valence-corrected chi connectivity index (χ0v) is 25.3. The van der Waals surface area contributed by atoms with Crippen LogP contribution in [0.3, 0.4) is 0 Å². The van der Waals surface area contributed by atoms with Crippen molar-refractivity contribution in [2.45, 2.75) is 49.8 Å². The highest BCUT2D eigenvalue weighted by atomic mass is 35.5. The van der Waals surface area contributed by atoms with Gasteiger partial charge in [-0.3, -0.25) is 9.20 Å². The molecule has 1 aromatic carbocycles. The summed E-state index contributed by atoms with van der Waals surface area (Å²) in [6, 6.07) is 8.63. The maximum atomic E-state index is 14.0. The van der Waals surface area contributed by atoms with Crippen LogP contribution in [0.5, 0.6) is 0 Å². The van der Waals surface area contributed by atoms with Crippen LogP contribution in [-0.2, 0) is 33.6 Å². The van der Waals surface area contributed by atoms with Gasteiger partial charge in [0.1, 0.15) is 0 Å². The first-order valence-electron chi connectivity index (χ1n) is 13.8. The summed E-state index contributed by atoms with van der Waals surface area (Å²) in [5, 5.41) is 17.3. The Morgan fingerprint density at radius 3 is 2.80 bits per heavy atom. The van der Waals surface area contributed by atoms with E-state index in [0.29, 0.717) is 58.7 Å². The molecule has 15 heteroatoms. The third-order valence-corrected chi connectivity index (χ3v) is 9.76. The number of halogens is 4. The van der Waals surface area contributed by atoms with Crippen LogP contribution < -0.4 is 4.90 Å². The number of anilines is 1. The van der Waals surface area contributed by atoms with Crippen LogP contribution in [-0.4, -0.2) is 71.9 Å². The third-order valence-electron chi connectivity index (χ3n) is 8.13. The first-order valence-corrected chi connectivity index (χ1v) is 15.3. The molecule has 0 amide bonds. The second kappa shape index (κ2) is 11.8. The zero-order valence-electron chi connectivity index (χ0n) is 23.7. The van der Waals surface area contributed by atoms with E-state index in [4.69, 9.17) is 16.3 Å². The molecule has 2 aliphatic rings. The van der Waals surface area contributed by atoms with E-state index >= 15 is 0 Å². The lowest BCUT2D eigenvalue weighted by Gasteiger charge is -2.35. The monoisotopic (exact) mass is 648 g/mol. The molecule has 0 saturated carbocycles. The minimum Gasteiger partial charge on any atom is -0.593 e. The fraction of sp³-hybridized carbons (Fsp3) is 0.379. The SMILES string of the molecule is Cc1ccc(C(CC(=O)O)c2ccn3c(C(F)(F)F)nnc3c2C)cc1CN1CC2COCCN2c2ncc(Cl)cc2[S+]1[O-]. The van der Waals surface area contributed by atoms with Gasteiger partial charge >= 0.3 is 12.1 Å². The topological polar surface area (TPSA) is 119 Å². The second-order valence-electron chi connectivity index (χ2n) is 10.9. The van der Waals surface area contributed by atoms with Crippen molar-refractivity contribution in [3.05, 3.63) is 81.4 Å². The van der Waals surface area contributed by atoms with Gasteiger partial charge in [-0.15, -0.1) is 14.5 Å². The lowest BCUT2D eigenvalue weighted by molar-refractivity contribution is -0.145. The Balaban J connectivity index is 1.37. The molecule has 44 heavy (non-hydrogen) atoms. The number of aromatic nitrogens is 4. The highest BCUT2D eigenvalue weighted by Gasteiger charge is 2.40. The largest absolute Gasteiger partial charge is 0.593 e. The van der Waals surface area contributed by atoms with Gasteiger partial charge in [-0.2, -0.15) is 13.2 Å². The molecule has 232 valence electrons. The van der Waals surface area contributed by atoms with Gasteiger partial charge in [-0.25, -0.2) is 4.98 Å². The number of carboxylic acids is 1. The maximum Gasteiger partial charge on any atom is 0.452 e. The van der Waals surface area contributed by atoms with E-state index in [1.807, 2.05) is 29.4 Å².